The second-order valence-electron chi connectivity index (χ2n) is 12.0. The van der Waals surface area contributed by atoms with E-state index in [2.05, 4.69) is 103 Å². The Bertz CT molecular complexity index is 870. The molecule has 1 aliphatic heterocycles. The third-order valence-corrected chi connectivity index (χ3v) is 70.0. The van der Waals surface area contributed by atoms with Gasteiger partial charge < -0.3 is 0 Å². The first-order chi connectivity index (χ1) is 17.1. The molecule has 1 aromatic carbocycles. The molecule has 4 saturated carbocycles. The molecule has 5 fully saturated rings. The van der Waals surface area contributed by atoms with Gasteiger partial charge in [0.1, 0.15) is 0 Å². The summed E-state index contributed by atoms with van der Waals surface area (Å²) in [6, 6.07) is 12.1. The van der Waals surface area contributed by atoms with E-state index in [1.165, 1.54) is 0 Å². The van der Waals surface area contributed by atoms with Crippen LogP contribution in [-0.2, 0) is 44.3 Å². The van der Waals surface area contributed by atoms with Gasteiger partial charge in [0.2, 0.25) is 0 Å². The minimum absolute atomic E-state index is 0. The van der Waals surface area contributed by atoms with Gasteiger partial charge in [-0.2, -0.15) is 0 Å². The van der Waals surface area contributed by atoms with Gasteiger partial charge in [-0.15, -0.1) is 0 Å². The molecule has 6 rings (SSSR count). The van der Waals surface area contributed by atoms with Crippen molar-refractivity contribution in [1.82, 2.24) is 0 Å². The maximum absolute atomic E-state index is 7.50. The number of rotatable bonds is 3. The van der Waals surface area contributed by atoms with E-state index < -0.39 is 22.0 Å². The summed E-state index contributed by atoms with van der Waals surface area (Å²) in [4.78, 5) is 0. The quantitative estimate of drug-likeness (QED) is 0.154. The normalized spacial score (nSPS) is 30.5. The SMILES string of the molecule is C[Si](C)(C)[Si]1([Si](C)(C)C)P(c2ccccc2)C12C1CC3CC(C1)CC2C3.[C-]#[O+].[C-]#[O+].[C-]#[O+].[C-]#[O+].[C-]#[O+].[W]. The first-order valence-electron chi connectivity index (χ1n) is 12.0. The van der Waals surface area contributed by atoms with E-state index in [-0.39, 0.29) is 28.5 Å². The van der Waals surface area contributed by atoms with Crippen LogP contribution in [0.3, 0.4) is 0 Å². The molecule has 5 nitrogen and oxygen atoms in total. The second kappa shape index (κ2) is 16.1. The Balaban J connectivity index is 0. The van der Waals surface area contributed by atoms with E-state index >= 15 is 0 Å². The fraction of sp³-hybridized carbons (Fsp3) is 0.593. The van der Waals surface area contributed by atoms with Gasteiger partial charge in [0.15, 0.2) is 0 Å². The van der Waals surface area contributed by atoms with Gasteiger partial charge in [-0.25, -0.2) is 0 Å². The topological polar surface area (TPSA) is 99.5 Å². The van der Waals surface area contributed by atoms with Crippen LogP contribution in [-0.4, -0.2) is 26.7 Å². The van der Waals surface area contributed by atoms with Crippen molar-refractivity contribution in [2.24, 2.45) is 23.7 Å². The molecule has 1 saturated heterocycles. The maximum Gasteiger partial charge on any atom is 0 e. The minimum Gasteiger partial charge on any atom is 0 e. The predicted octanol–water partition coefficient (Wildman–Crippen LogP) is 6.13. The van der Waals surface area contributed by atoms with E-state index in [1.807, 2.05) is 5.30 Å². The zero-order valence-corrected chi connectivity index (χ0v) is 29.5. The van der Waals surface area contributed by atoms with Crippen molar-refractivity contribution in [1.29, 1.82) is 0 Å². The monoisotopic (exact) mass is 740 g/mol. The molecule has 37 heavy (non-hydrogen) atoms. The third-order valence-electron chi connectivity index (χ3n) is 8.80. The average molecular weight is 741 g/mol. The van der Waals surface area contributed by atoms with Crippen molar-refractivity contribution < 1.29 is 44.3 Å². The van der Waals surface area contributed by atoms with Crippen molar-refractivity contribution in [2.45, 2.75) is 76.2 Å². The van der Waals surface area contributed by atoms with Gasteiger partial charge in [0.25, 0.3) is 0 Å². The summed E-state index contributed by atoms with van der Waals surface area (Å²) in [5, 5.41) is 1.84. The van der Waals surface area contributed by atoms with Crippen LogP contribution in [0.4, 0.5) is 0 Å². The molecule has 1 spiro atoms. The smallest absolute Gasteiger partial charge is 0 e. The van der Waals surface area contributed by atoms with Crippen molar-refractivity contribution >= 4 is 34.7 Å². The van der Waals surface area contributed by atoms with Gasteiger partial charge in [0.05, 0.1) is 6.78 Å². The Morgan fingerprint density at radius 3 is 1.27 bits per heavy atom. The molecule has 4 bridgehead atoms. The fourth-order valence-corrected chi connectivity index (χ4v) is 95.6. The molecular weight excluding hydrogens is 703 g/mol. The standard InChI is InChI=1S/C22H37PSi3.5CO.W/c1-24(2,3)26(25(4,5)6)22(23(26)21-10-8-7-9-11-21)19-13-17-12-18(15-19)16-20(22)14-17;5*1-2;/h7-11,17-20H,12-16H2,1-6H3;;;;;;. The van der Waals surface area contributed by atoms with Crippen LogP contribution in [0.5, 0.6) is 0 Å². The minimum atomic E-state index is -1.24. The molecule has 0 amide bonds. The van der Waals surface area contributed by atoms with E-state index in [9.17, 15) is 0 Å². The van der Waals surface area contributed by atoms with Crippen molar-refractivity contribution in [3.63, 3.8) is 0 Å². The Morgan fingerprint density at radius 2 is 0.973 bits per heavy atom. The Labute approximate surface area is 241 Å². The molecule has 0 N–H and O–H groups in total. The predicted molar refractivity (Wildman–Crippen MR) is 145 cm³/mol. The van der Waals surface area contributed by atoms with Crippen LogP contribution < -0.4 is 5.30 Å². The fourth-order valence-electron chi connectivity index (χ4n) is 9.24. The van der Waals surface area contributed by atoms with Crippen LogP contribution >= 0.6 is 7.47 Å². The van der Waals surface area contributed by atoms with Gasteiger partial charge in [0, 0.05) is 36.2 Å². The van der Waals surface area contributed by atoms with Gasteiger partial charge in [-0.05, 0) is 65.9 Å². The largest absolute Gasteiger partial charge is 0 e. The Kier molecular flexibility index (Phi) is 16.9. The summed E-state index contributed by atoms with van der Waals surface area (Å²) in [5.41, 5.74) is 0. The maximum atomic E-state index is 7.50. The number of benzene rings is 1. The first-order valence-corrected chi connectivity index (χ1v) is 25.2. The summed E-state index contributed by atoms with van der Waals surface area (Å²) in [6.07, 6.45) is 8.11. The van der Waals surface area contributed by atoms with Gasteiger partial charge in [-0.1, -0.05) is 77.1 Å². The summed E-state index contributed by atoms with van der Waals surface area (Å²) in [6.45, 7) is 38.2. The molecule has 10 heteroatoms. The van der Waals surface area contributed by atoms with Crippen LogP contribution in [0.2, 0.25) is 39.3 Å². The van der Waals surface area contributed by atoms with Crippen molar-refractivity contribution in [3.05, 3.63) is 63.6 Å². The van der Waals surface area contributed by atoms with E-state index in [4.69, 9.17) is 23.3 Å². The number of hydrogen-bond donors (Lipinski definition) is 0. The molecule has 0 radical (unpaired) electrons. The average Bonchev–Trinajstić information content (AvgIpc) is 3.56. The summed E-state index contributed by atoms with van der Waals surface area (Å²) in [5.74, 6) is 4.50. The summed E-state index contributed by atoms with van der Waals surface area (Å²) >= 11 is 0. The molecule has 198 valence electrons. The first kappa shape index (κ1) is 38.8. The summed E-state index contributed by atoms with van der Waals surface area (Å²) in [7, 11) is -2.16. The molecule has 5 aliphatic rings. The molecule has 1 aromatic rings. The number of hydrogen-bond acceptors (Lipinski definition) is 0. The van der Waals surface area contributed by atoms with Crippen LogP contribution in [0.15, 0.2) is 30.3 Å². The van der Waals surface area contributed by atoms with Crippen LogP contribution in [0, 0.1) is 56.9 Å². The summed E-state index contributed by atoms with van der Waals surface area (Å²) < 4.78 is 38.4. The molecular formula is C27H37O5PSi3W. The van der Waals surface area contributed by atoms with Crippen LogP contribution in [0.1, 0.15) is 32.1 Å². The van der Waals surface area contributed by atoms with E-state index in [0.717, 1.165) is 28.5 Å². The van der Waals surface area contributed by atoms with Crippen molar-refractivity contribution in [3.8, 4) is 0 Å². The molecule has 1 unspecified atom stereocenters. The molecule has 1 atom stereocenters. The van der Waals surface area contributed by atoms with Crippen LogP contribution in [0.25, 0.3) is 0 Å². The Hall–Kier alpha value is -0.311. The zero-order valence-electron chi connectivity index (χ0n) is 22.6. The molecule has 0 aromatic heterocycles. The third kappa shape index (κ3) is 6.22. The van der Waals surface area contributed by atoms with E-state index in [0.29, 0.717) is 0 Å². The van der Waals surface area contributed by atoms with Gasteiger partial charge >= 0.3 is 56.5 Å². The van der Waals surface area contributed by atoms with E-state index in [1.54, 1.807) is 32.1 Å². The second-order valence-corrected chi connectivity index (χ2v) is 46.5. The Morgan fingerprint density at radius 1 is 0.649 bits per heavy atom. The van der Waals surface area contributed by atoms with Crippen molar-refractivity contribution in [2.75, 3.05) is 0 Å². The molecule has 1 heterocycles. The zero-order chi connectivity index (χ0) is 28.5. The molecule has 4 aliphatic carbocycles. The van der Waals surface area contributed by atoms with Gasteiger partial charge in [-0.3, -0.25) is 0 Å².